The van der Waals surface area contributed by atoms with E-state index in [1.54, 1.807) is 26.4 Å². The molecular formula is C27H31N3O7. The van der Waals surface area contributed by atoms with Crippen molar-refractivity contribution in [1.82, 2.24) is 14.7 Å². The number of methoxy groups -OCH3 is 2. The van der Waals surface area contributed by atoms with Gasteiger partial charge in [-0.05, 0) is 60.7 Å². The number of imide groups is 2. The van der Waals surface area contributed by atoms with Crippen molar-refractivity contribution < 1.29 is 33.3 Å². The number of hydrogen-bond donors (Lipinski definition) is 0. The predicted molar refractivity (Wildman–Crippen MR) is 133 cm³/mol. The first-order valence-corrected chi connectivity index (χ1v) is 12.2. The van der Waals surface area contributed by atoms with Crippen LogP contribution in [0.25, 0.3) is 0 Å². The van der Waals surface area contributed by atoms with E-state index >= 15 is 0 Å². The van der Waals surface area contributed by atoms with Crippen molar-refractivity contribution in [2.75, 3.05) is 48.2 Å². The topological polar surface area (TPSA) is 97.8 Å². The number of amides is 4. The number of benzene rings is 2. The lowest BCUT2D eigenvalue weighted by Gasteiger charge is -2.46. The predicted octanol–water partition coefficient (Wildman–Crippen LogP) is 2.63. The Bertz CT molecular complexity index is 1250. The van der Waals surface area contributed by atoms with Crippen LogP contribution >= 0.6 is 0 Å². The second kappa shape index (κ2) is 9.26. The number of fused-ring (bicyclic) bond motifs is 2. The van der Waals surface area contributed by atoms with Crippen molar-refractivity contribution in [3.63, 3.8) is 0 Å². The lowest BCUT2D eigenvalue weighted by Crippen LogP contribution is -2.67. The van der Waals surface area contributed by atoms with E-state index in [0.717, 1.165) is 26.5 Å². The van der Waals surface area contributed by atoms with Crippen molar-refractivity contribution in [2.45, 2.75) is 25.8 Å². The lowest BCUT2D eigenvalue weighted by molar-refractivity contribution is -0.159. The Morgan fingerprint density at radius 2 is 1.59 bits per heavy atom. The van der Waals surface area contributed by atoms with Crippen LogP contribution in [0.4, 0.5) is 4.79 Å². The molecule has 5 rings (SSSR count). The van der Waals surface area contributed by atoms with Crippen molar-refractivity contribution in [3.05, 3.63) is 47.0 Å². The molecule has 196 valence electrons. The molecule has 3 aliphatic heterocycles. The minimum atomic E-state index is -1.49. The van der Waals surface area contributed by atoms with Gasteiger partial charge in [-0.2, -0.15) is 0 Å². The van der Waals surface area contributed by atoms with Gasteiger partial charge in [0.15, 0.2) is 23.0 Å². The fraction of sp³-hybridized carbons (Fsp3) is 0.444. The number of hydrogen-bond acceptors (Lipinski definition) is 8. The second-order valence-electron chi connectivity index (χ2n) is 9.76. The number of urea groups is 1. The van der Waals surface area contributed by atoms with E-state index in [4.69, 9.17) is 18.9 Å². The monoisotopic (exact) mass is 509 g/mol. The summed E-state index contributed by atoms with van der Waals surface area (Å²) < 4.78 is 21.9. The average molecular weight is 510 g/mol. The average Bonchev–Trinajstić information content (AvgIpc) is 3.38. The zero-order chi connectivity index (χ0) is 26.5. The number of carbonyl (C=O) groups excluding carboxylic acids is 3. The van der Waals surface area contributed by atoms with E-state index in [-0.39, 0.29) is 25.8 Å². The van der Waals surface area contributed by atoms with Crippen molar-refractivity contribution >= 4 is 17.8 Å². The van der Waals surface area contributed by atoms with Gasteiger partial charge in [-0.25, -0.2) is 4.79 Å². The summed E-state index contributed by atoms with van der Waals surface area (Å²) in [6.45, 7) is 2.96. The summed E-state index contributed by atoms with van der Waals surface area (Å²) in [5.74, 6) is 1.46. The van der Waals surface area contributed by atoms with E-state index < -0.39 is 23.3 Å². The quantitative estimate of drug-likeness (QED) is 0.549. The van der Waals surface area contributed by atoms with Gasteiger partial charge in [-0.1, -0.05) is 6.07 Å². The molecule has 0 spiro atoms. The second-order valence-corrected chi connectivity index (χ2v) is 9.76. The van der Waals surface area contributed by atoms with Crippen LogP contribution in [0, 0.1) is 5.41 Å². The van der Waals surface area contributed by atoms with Gasteiger partial charge in [0.1, 0.15) is 5.41 Å². The summed E-state index contributed by atoms with van der Waals surface area (Å²) in [5, 5.41) is 0. The van der Waals surface area contributed by atoms with Crippen LogP contribution in [0.5, 0.6) is 23.0 Å². The minimum Gasteiger partial charge on any atom is -0.493 e. The molecule has 1 unspecified atom stereocenters. The number of ether oxygens (including phenoxy) is 4. The van der Waals surface area contributed by atoms with E-state index in [9.17, 15) is 14.4 Å². The maximum atomic E-state index is 13.8. The number of carbonyl (C=O) groups is 3. The van der Waals surface area contributed by atoms with Crippen molar-refractivity contribution in [2.24, 2.45) is 5.41 Å². The Kier molecular flexibility index (Phi) is 6.23. The summed E-state index contributed by atoms with van der Waals surface area (Å²) in [4.78, 5) is 44.5. The van der Waals surface area contributed by atoms with E-state index in [1.807, 2.05) is 18.2 Å². The molecule has 1 atom stereocenters. The summed E-state index contributed by atoms with van der Waals surface area (Å²) in [6, 6.07) is 8.62. The molecule has 4 amide bonds. The standard InChI is InChI=1S/C27H31N3O7/c1-16-19-12-22(35-5)21(34-4)11-18(19)8-9-30(16)14-27(24(31)28(2)26(33)29(3)25(27)32)13-17-6-7-20-23(10-17)37-15-36-20/h6-7,10-12,16H,8-9,13-15H2,1-5H3. The molecule has 0 aliphatic carbocycles. The molecule has 0 bridgehead atoms. The van der Waals surface area contributed by atoms with E-state index in [0.29, 0.717) is 36.0 Å². The molecule has 1 fully saturated rings. The summed E-state index contributed by atoms with van der Waals surface area (Å²) in [7, 11) is 6.05. The van der Waals surface area contributed by atoms with Gasteiger partial charge in [0.2, 0.25) is 18.6 Å². The molecule has 0 aromatic heterocycles. The highest BCUT2D eigenvalue weighted by atomic mass is 16.7. The largest absolute Gasteiger partial charge is 0.493 e. The van der Waals surface area contributed by atoms with Crippen LogP contribution in [0.3, 0.4) is 0 Å². The zero-order valence-electron chi connectivity index (χ0n) is 21.7. The SMILES string of the molecule is COc1cc2c(cc1OC)C(C)N(CC1(Cc3ccc4c(c3)OCO4)C(=O)N(C)C(=O)N(C)C1=O)CC2. The highest BCUT2D eigenvalue weighted by molar-refractivity contribution is 6.19. The third-order valence-electron chi connectivity index (χ3n) is 7.73. The molecule has 3 heterocycles. The molecule has 37 heavy (non-hydrogen) atoms. The Morgan fingerprint density at radius 3 is 2.27 bits per heavy atom. The van der Waals surface area contributed by atoms with Gasteiger partial charge in [-0.15, -0.1) is 0 Å². The summed E-state index contributed by atoms with van der Waals surface area (Å²) in [6.07, 6.45) is 0.832. The normalized spacial score (nSPS) is 20.8. The Morgan fingerprint density at radius 1 is 0.946 bits per heavy atom. The smallest absolute Gasteiger partial charge is 0.332 e. The molecule has 10 heteroatoms. The summed E-state index contributed by atoms with van der Waals surface area (Å²) >= 11 is 0. The van der Waals surface area contributed by atoms with Gasteiger partial charge in [0.05, 0.1) is 14.2 Å². The first-order chi connectivity index (χ1) is 17.7. The van der Waals surface area contributed by atoms with Gasteiger partial charge < -0.3 is 18.9 Å². The van der Waals surface area contributed by atoms with Crippen LogP contribution in [-0.2, 0) is 22.4 Å². The van der Waals surface area contributed by atoms with Crippen molar-refractivity contribution in [1.29, 1.82) is 0 Å². The van der Waals surface area contributed by atoms with Crippen LogP contribution in [-0.4, -0.2) is 80.7 Å². The Balaban J connectivity index is 1.53. The first kappa shape index (κ1) is 24.9. The number of barbiturate groups is 1. The van der Waals surface area contributed by atoms with Gasteiger partial charge >= 0.3 is 6.03 Å². The Labute approximate surface area is 215 Å². The fourth-order valence-corrected chi connectivity index (χ4v) is 5.63. The van der Waals surface area contributed by atoms with Crippen LogP contribution in [0.2, 0.25) is 0 Å². The number of nitrogens with zero attached hydrogens (tertiary/aromatic N) is 3. The highest BCUT2D eigenvalue weighted by Gasteiger charge is 2.56. The molecule has 2 aromatic carbocycles. The maximum Gasteiger partial charge on any atom is 0.332 e. The third kappa shape index (κ3) is 3.96. The van der Waals surface area contributed by atoms with Gasteiger partial charge in [0, 0.05) is 33.2 Å². The molecule has 10 nitrogen and oxygen atoms in total. The van der Waals surface area contributed by atoms with E-state index in [2.05, 4.69) is 11.8 Å². The van der Waals surface area contributed by atoms with Crippen molar-refractivity contribution in [3.8, 4) is 23.0 Å². The molecule has 0 saturated carbocycles. The first-order valence-electron chi connectivity index (χ1n) is 12.2. The van der Waals surface area contributed by atoms with Gasteiger partial charge in [0.25, 0.3) is 0 Å². The molecule has 2 aromatic rings. The Hall–Kier alpha value is -3.79. The minimum absolute atomic E-state index is 0.106. The molecule has 0 N–H and O–H groups in total. The molecule has 3 aliphatic rings. The third-order valence-corrected chi connectivity index (χ3v) is 7.73. The van der Waals surface area contributed by atoms with Crippen LogP contribution < -0.4 is 18.9 Å². The summed E-state index contributed by atoms with van der Waals surface area (Å²) in [5.41, 5.74) is 1.44. The highest BCUT2D eigenvalue weighted by Crippen LogP contribution is 2.42. The van der Waals surface area contributed by atoms with E-state index in [1.165, 1.54) is 14.1 Å². The fourth-order valence-electron chi connectivity index (χ4n) is 5.63. The van der Waals surface area contributed by atoms with Crippen LogP contribution in [0.15, 0.2) is 30.3 Å². The lowest BCUT2D eigenvalue weighted by atomic mass is 9.76. The molecule has 1 saturated heterocycles. The molecular weight excluding hydrogens is 478 g/mol. The molecule has 0 radical (unpaired) electrons. The maximum absolute atomic E-state index is 13.8. The van der Waals surface area contributed by atoms with Crippen LogP contribution in [0.1, 0.15) is 29.7 Å². The zero-order valence-corrected chi connectivity index (χ0v) is 21.7. The van der Waals surface area contributed by atoms with Gasteiger partial charge in [-0.3, -0.25) is 24.3 Å². The number of rotatable bonds is 6.